The van der Waals surface area contributed by atoms with Crippen LogP contribution in [-0.4, -0.2) is 17.4 Å². The van der Waals surface area contributed by atoms with Crippen molar-refractivity contribution in [3.63, 3.8) is 0 Å². The topological polar surface area (TPSA) is 54.0 Å². The molecule has 122 valence electrons. The van der Waals surface area contributed by atoms with E-state index in [0.717, 1.165) is 29.9 Å². The third-order valence-electron chi connectivity index (χ3n) is 3.48. The molecule has 0 fully saturated rings. The maximum absolute atomic E-state index is 12.4. The van der Waals surface area contributed by atoms with E-state index in [4.69, 9.17) is 11.6 Å². The number of nitrogens with one attached hydrogen (secondary N) is 2. The Hall–Kier alpha value is -2.07. The molecule has 0 saturated carbocycles. The van der Waals surface area contributed by atoms with Crippen LogP contribution < -0.4 is 10.6 Å². The van der Waals surface area contributed by atoms with Gasteiger partial charge in [0.15, 0.2) is 0 Å². The molecule has 2 rings (SSSR count). The van der Waals surface area contributed by atoms with Crippen molar-refractivity contribution in [2.24, 2.45) is 5.92 Å². The molecule has 23 heavy (non-hydrogen) atoms. The lowest BCUT2D eigenvalue weighted by atomic mass is 10.1. The summed E-state index contributed by atoms with van der Waals surface area (Å²) in [4.78, 5) is 16.5. The highest BCUT2D eigenvalue weighted by Crippen LogP contribution is 2.20. The number of nitrogens with zero attached hydrogens (tertiary/aromatic N) is 1. The van der Waals surface area contributed by atoms with Crippen LogP contribution in [-0.2, 0) is 0 Å². The monoisotopic (exact) mass is 331 g/mol. The minimum Gasteiger partial charge on any atom is -0.385 e. The summed E-state index contributed by atoms with van der Waals surface area (Å²) in [5, 5.41) is 6.83. The number of aryl methyl sites for hydroxylation is 1. The summed E-state index contributed by atoms with van der Waals surface area (Å²) in [5.74, 6) is 0.405. The van der Waals surface area contributed by atoms with Gasteiger partial charge in [0.05, 0.1) is 0 Å². The molecular weight excluding hydrogens is 310 g/mol. The predicted octanol–water partition coefficient (Wildman–Crippen LogP) is 4.75. The summed E-state index contributed by atoms with van der Waals surface area (Å²) >= 11 is 5.93. The molecule has 1 amide bonds. The van der Waals surface area contributed by atoms with Crippen LogP contribution in [0, 0.1) is 12.8 Å². The number of aromatic nitrogens is 1. The van der Waals surface area contributed by atoms with E-state index in [1.165, 1.54) is 0 Å². The van der Waals surface area contributed by atoms with Gasteiger partial charge < -0.3 is 10.6 Å². The number of rotatable bonds is 6. The highest BCUT2D eigenvalue weighted by atomic mass is 35.5. The average molecular weight is 332 g/mol. The number of halogens is 1. The lowest BCUT2D eigenvalue weighted by Gasteiger charge is -2.11. The van der Waals surface area contributed by atoms with Crippen LogP contribution in [0.15, 0.2) is 36.5 Å². The first-order valence-electron chi connectivity index (χ1n) is 7.73. The van der Waals surface area contributed by atoms with Crippen LogP contribution in [0.4, 0.5) is 11.4 Å². The van der Waals surface area contributed by atoms with Gasteiger partial charge in [-0.15, -0.1) is 0 Å². The van der Waals surface area contributed by atoms with Gasteiger partial charge in [-0.2, -0.15) is 0 Å². The number of carbonyl (C=O) groups is 1. The maximum Gasteiger partial charge on any atom is 0.274 e. The zero-order valence-corrected chi connectivity index (χ0v) is 14.4. The summed E-state index contributed by atoms with van der Waals surface area (Å²) in [6, 6.07) is 8.99. The number of benzene rings is 1. The third kappa shape index (κ3) is 5.25. The van der Waals surface area contributed by atoms with E-state index in [1.54, 1.807) is 24.4 Å². The van der Waals surface area contributed by atoms with Crippen LogP contribution >= 0.6 is 11.6 Å². The van der Waals surface area contributed by atoms with Crippen LogP contribution in [0.5, 0.6) is 0 Å². The zero-order valence-electron chi connectivity index (χ0n) is 13.7. The summed E-state index contributed by atoms with van der Waals surface area (Å²) < 4.78 is 0. The van der Waals surface area contributed by atoms with E-state index in [9.17, 15) is 4.79 Å². The van der Waals surface area contributed by atoms with Crippen molar-refractivity contribution in [1.29, 1.82) is 0 Å². The molecule has 1 heterocycles. The molecule has 0 spiro atoms. The Morgan fingerprint density at radius 1 is 1.26 bits per heavy atom. The second kappa shape index (κ2) is 7.97. The number of hydrogen-bond acceptors (Lipinski definition) is 3. The van der Waals surface area contributed by atoms with Gasteiger partial charge in [-0.05, 0) is 55.2 Å². The van der Waals surface area contributed by atoms with E-state index in [0.29, 0.717) is 16.6 Å². The number of anilines is 2. The molecular formula is C18H22ClN3O. The Kier molecular flexibility index (Phi) is 5.99. The number of hydrogen-bond donors (Lipinski definition) is 2. The van der Waals surface area contributed by atoms with Crippen molar-refractivity contribution in [3.05, 3.63) is 52.8 Å². The minimum absolute atomic E-state index is 0.233. The van der Waals surface area contributed by atoms with E-state index >= 15 is 0 Å². The molecule has 1 aromatic carbocycles. The number of pyridine rings is 1. The number of amides is 1. The maximum atomic E-state index is 12.4. The highest BCUT2D eigenvalue weighted by Gasteiger charge is 2.10. The lowest BCUT2D eigenvalue weighted by molar-refractivity contribution is 0.102. The van der Waals surface area contributed by atoms with Gasteiger partial charge in [-0.3, -0.25) is 9.78 Å². The fraction of sp³-hybridized carbons (Fsp3) is 0.333. The van der Waals surface area contributed by atoms with Gasteiger partial charge in [-0.1, -0.05) is 25.4 Å². The van der Waals surface area contributed by atoms with Gasteiger partial charge in [0.1, 0.15) is 5.69 Å². The third-order valence-corrected chi connectivity index (χ3v) is 3.72. The standard InChI is InChI=1S/C18H22ClN3O/c1-12(2)6-8-20-15-7-9-21-17(11-15)18(23)22-16-5-4-14(19)10-13(16)3/h4-5,7,9-12H,6,8H2,1-3H3,(H,20,21)(H,22,23). The molecule has 1 aromatic heterocycles. The van der Waals surface area contributed by atoms with Crippen LogP contribution in [0.1, 0.15) is 36.3 Å². The fourth-order valence-electron chi connectivity index (χ4n) is 2.12. The van der Waals surface area contributed by atoms with E-state index in [1.807, 2.05) is 19.1 Å². The summed E-state index contributed by atoms with van der Waals surface area (Å²) in [6.07, 6.45) is 2.72. The van der Waals surface area contributed by atoms with Crippen molar-refractivity contribution in [3.8, 4) is 0 Å². The second-order valence-corrected chi connectivity index (χ2v) is 6.39. The molecule has 0 unspecified atom stereocenters. The molecule has 5 heteroatoms. The molecule has 0 radical (unpaired) electrons. The smallest absolute Gasteiger partial charge is 0.274 e. The quantitative estimate of drug-likeness (QED) is 0.802. The van der Waals surface area contributed by atoms with Crippen molar-refractivity contribution in [2.75, 3.05) is 17.2 Å². The summed E-state index contributed by atoms with van der Waals surface area (Å²) in [5.41, 5.74) is 2.93. The average Bonchev–Trinajstić information content (AvgIpc) is 2.50. The van der Waals surface area contributed by atoms with E-state index < -0.39 is 0 Å². The summed E-state index contributed by atoms with van der Waals surface area (Å²) in [6.45, 7) is 7.14. The fourth-order valence-corrected chi connectivity index (χ4v) is 2.35. The minimum atomic E-state index is -0.233. The van der Waals surface area contributed by atoms with E-state index in [2.05, 4.69) is 29.5 Å². The van der Waals surface area contributed by atoms with Crippen LogP contribution in [0.2, 0.25) is 5.02 Å². The van der Waals surface area contributed by atoms with E-state index in [-0.39, 0.29) is 5.91 Å². The molecule has 0 saturated heterocycles. The Morgan fingerprint density at radius 3 is 2.74 bits per heavy atom. The van der Waals surface area contributed by atoms with Gasteiger partial charge >= 0.3 is 0 Å². The van der Waals surface area contributed by atoms with Gasteiger partial charge in [-0.25, -0.2) is 0 Å². The first-order valence-corrected chi connectivity index (χ1v) is 8.11. The summed E-state index contributed by atoms with van der Waals surface area (Å²) in [7, 11) is 0. The van der Waals surface area contributed by atoms with Gasteiger partial charge in [0.2, 0.25) is 0 Å². The van der Waals surface area contributed by atoms with Crippen molar-refractivity contribution in [2.45, 2.75) is 27.2 Å². The Morgan fingerprint density at radius 2 is 2.04 bits per heavy atom. The largest absolute Gasteiger partial charge is 0.385 e. The molecule has 2 N–H and O–H groups in total. The molecule has 0 aliphatic heterocycles. The molecule has 0 bridgehead atoms. The van der Waals surface area contributed by atoms with Gasteiger partial charge in [0, 0.05) is 29.1 Å². The predicted molar refractivity (Wildman–Crippen MR) is 96.3 cm³/mol. The Labute approximate surface area is 142 Å². The Balaban J connectivity index is 2.04. The highest BCUT2D eigenvalue weighted by molar-refractivity contribution is 6.30. The van der Waals surface area contributed by atoms with Crippen LogP contribution in [0.25, 0.3) is 0 Å². The first-order chi connectivity index (χ1) is 11.0. The molecule has 0 aliphatic rings. The SMILES string of the molecule is Cc1cc(Cl)ccc1NC(=O)c1cc(NCCC(C)C)ccn1. The van der Waals surface area contributed by atoms with Crippen molar-refractivity contribution < 1.29 is 4.79 Å². The molecule has 2 aromatic rings. The van der Waals surface area contributed by atoms with Crippen molar-refractivity contribution >= 4 is 28.9 Å². The second-order valence-electron chi connectivity index (χ2n) is 5.95. The molecule has 0 atom stereocenters. The van der Waals surface area contributed by atoms with Gasteiger partial charge in [0.25, 0.3) is 5.91 Å². The first kappa shape index (κ1) is 17.3. The van der Waals surface area contributed by atoms with Crippen molar-refractivity contribution in [1.82, 2.24) is 4.98 Å². The lowest BCUT2D eigenvalue weighted by Crippen LogP contribution is -2.15. The molecule has 0 aliphatic carbocycles. The number of carbonyl (C=O) groups excluding carboxylic acids is 1. The van der Waals surface area contributed by atoms with Crippen LogP contribution in [0.3, 0.4) is 0 Å². The normalized spacial score (nSPS) is 10.7. The molecule has 4 nitrogen and oxygen atoms in total. The Bertz CT molecular complexity index is 686. The zero-order chi connectivity index (χ0) is 16.8.